The standard InChI is InChI=1S/C12H12F2N2O3/c13-12(14)19-9-3-1-2-8(5-9)16-6-7(11(15)18)4-10(16)17/h1-3,5,7,12H,4,6H2,(H2,15,18). The lowest BCUT2D eigenvalue weighted by Crippen LogP contribution is -2.28. The quantitative estimate of drug-likeness (QED) is 0.891. The molecule has 0 radical (unpaired) electrons. The number of ether oxygens (including phenoxy) is 1. The topological polar surface area (TPSA) is 72.6 Å². The average Bonchev–Trinajstić information content (AvgIpc) is 2.71. The van der Waals surface area contributed by atoms with Crippen molar-refractivity contribution in [1.29, 1.82) is 0 Å². The van der Waals surface area contributed by atoms with Crippen molar-refractivity contribution >= 4 is 17.5 Å². The Morgan fingerprint density at radius 1 is 1.47 bits per heavy atom. The molecular weight excluding hydrogens is 258 g/mol. The third-order valence-electron chi connectivity index (χ3n) is 2.88. The van der Waals surface area contributed by atoms with Gasteiger partial charge in [0.25, 0.3) is 0 Å². The lowest BCUT2D eigenvalue weighted by atomic mass is 10.1. The van der Waals surface area contributed by atoms with E-state index in [0.29, 0.717) is 5.69 Å². The molecule has 0 saturated carbocycles. The van der Waals surface area contributed by atoms with Gasteiger partial charge in [0.1, 0.15) is 5.75 Å². The predicted molar refractivity (Wildman–Crippen MR) is 62.7 cm³/mol. The first-order valence-corrected chi connectivity index (χ1v) is 5.62. The van der Waals surface area contributed by atoms with Gasteiger partial charge in [0, 0.05) is 24.7 Å². The summed E-state index contributed by atoms with van der Waals surface area (Å²) in [5.41, 5.74) is 5.56. The molecular formula is C12H12F2N2O3. The fourth-order valence-electron chi connectivity index (χ4n) is 1.98. The van der Waals surface area contributed by atoms with Crippen molar-refractivity contribution in [3.63, 3.8) is 0 Å². The van der Waals surface area contributed by atoms with Crippen LogP contribution in [0.5, 0.6) is 5.75 Å². The zero-order valence-corrected chi connectivity index (χ0v) is 9.88. The molecule has 0 aliphatic carbocycles. The first-order chi connectivity index (χ1) is 8.97. The number of carbonyl (C=O) groups excluding carboxylic acids is 2. The lowest BCUT2D eigenvalue weighted by Gasteiger charge is -2.17. The molecule has 0 bridgehead atoms. The third-order valence-corrected chi connectivity index (χ3v) is 2.88. The fraction of sp³-hybridized carbons (Fsp3) is 0.333. The molecule has 102 valence electrons. The number of halogens is 2. The Bertz CT molecular complexity index is 508. The molecule has 1 saturated heterocycles. The van der Waals surface area contributed by atoms with E-state index in [0.717, 1.165) is 0 Å². The maximum atomic E-state index is 12.1. The normalized spacial score (nSPS) is 19.0. The monoisotopic (exact) mass is 270 g/mol. The number of benzene rings is 1. The molecule has 2 N–H and O–H groups in total. The van der Waals surface area contributed by atoms with Crippen LogP contribution in [-0.2, 0) is 9.59 Å². The van der Waals surface area contributed by atoms with E-state index in [-0.39, 0.29) is 24.6 Å². The molecule has 0 spiro atoms. The Morgan fingerprint density at radius 2 is 2.21 bits per heavy atom. The summed E-state index contributed by atoms with van der Waals surface area (Å²) < 4.78 is 28.5. The highest BCUT2D eigenvalue weighted by atomic mass is 19.3. The predicted octanol–water partition coefficient (Wildman–Crippen LogP) is 1.13. The van der Waals surface area contributed by atoms with E-state index in [1.807, 2.05) is 0 Å². The molecule has 1 unspecified atom stereocenters. The zero-order chi connectivity index (χ0) is 14.0. The third kappa shape index (κ3) is 2.98. The van der Waals surface area contributed by atoms with Gasteiger partial charge in [-0.2, -0.15) is 8.78 Å². The fourth-order valence-corrected chi connectivity index (χ4v) is 1.98. The molecule has 19 heavy (non-hydrogen) atoms. The summed E-state index contributed by atoms with van der Waals surface area (Å²) >= 11 is 0. The van der Waals surface area contributed by atoms with Crippen molar-refractivity contribution in [3.8, 4) is 5.75 Å². The van der Waals surface area contributed by atoms with Gasteiger partial charge in [0.05, 0.1) is 5.92 Å². The van der Waals surface area contributed by atoms with Crippen LogP contribution in [0, 0.1) is 5.92 Å². The van der Waals surface area contributed by atoms with Gasteiger partial charge in [-0.1, -0.05) is 6.07 Å². The van der Waals surface area contributed by atoms with Crippen molar-refractivity contribution < 1.29 is 23.1 Å². The Balaban J connectivity index is 2.18. The van der Waals surface area contributed by atoms with Crippen LogP contribution < -0.4 is 15.4 Å². The molecule has 2 rings (SSSR count). The SMILES string of the molecule is NC(=O)C1CC(=O)N(c2cccc(OC(F)F)c2)C1. The second kappa shape index (κ2) is 5.21. The molecule has 1 fully saturated rings. The van der Waals surface area contributed by atoms with Gasteiger partial charge in [-0.3, -0.25) is 9.59 Å². The van der Waals surface area contributed by atoms with E-state index < -0.39 is 18.4 Å². The van der Waals surface area contributed by atoms with Crippen LogP contribution in [0.1, 0.15) is 6.42 Å². The molecule has 1 aliphatic rings. The highest BCUT2D eigenvalue weighted by Gasteiger charge is 2.34. The van der Waals surface area contributed by atoms with E-state index in [1.54, 1.807) is 6.07 Å². The number of hydrogen-bond acceptors (Lipinski definition) is 3. The summed E-state index contributed by atoms with van der Waals surface area (Å²) in [6, 6.07) is 5.77. The first kappa shape index (κ1) is 13.3. The van der Waals surface area contributed by atoms with Crippen LogP contribution in [0.4, 0.5) is 14.5 Å². The number of alkyl halides is 2. The molecule has 7 heteroatoms. The van der Waals surface area contributed by atoms with Crippen LogP contribution in [-0.4, -0.2) is 25.0 Å². The van der Waals surface area contributed by atoms with Crippen molar-refractivity contribution in [1.82, 2.24) is 0 Å². The number of anilines is 1. The second-order valence-electron chi connectivity index (χ2n) is 4.18. The van der Waals surface area contributed by atoms with Gasteiger partial charge >= 0.3 is 6.61 Å². The summed E-state index contributed by atoms with van der Waals surface area (Å²) in [6.07, 6.45) is 0.0370. The Kier molecular flexibility index (Phi) is 3.64. The average molecular weight is 270 g/mol. The largest absolute Gasteiger partial charge is 0.435 e. The highest BCUT2D eigenvalue weighted by molar-refractivity contribution is 6.00. The smallest absolute Gasteiger partial charge is 0.387 e. The summed E-state index contributed by atoms with van der Waals surface area (Å²) in [4.78, 5) is 24.1. The molecule has 1 aromatic rings. The molecule has 2 amide bonds. The van der Waals surface area contributed by atoms with Gasteiger partial charge in [-0.15, -0.1) is 0 Å². The maximum Gasteiger partial charge on any atom is 0.387 e. The van der Waals surface area contributed by atoms with Gasteiger partial charge in [-0.25, -0.2) is 0 Å². The van der Waals surface area contributed by atoms with Crippen molar-refractivity contribution in [3.05, 3.63) is 24.3 Å². The molecule has 1 aromatic carbocycles. The number of nitrogens with two attached hydrogens (primary N) is 1. The van der Waals surface area contributed by atoms with Gasteiger partial charge < -0.3 is 15.4 Å². The summed E-state index contributed by atoms with van der Waals surface area (Å²) in [5, 5.41) is 0. The second-order valence-corrected chi connectivity index (χ2v) is 4.18. The summed E-state index contributed by atoms with van der Waals surface area (Å²) in [6.45, 7) is -2.77. The summed E-state index contributed by atoms with van der Waals surface area (Å²) in [7, 11) is 0. The Labute approximate surface area is 107 Å². The van der Waals surface area contributed by atoms with E-state index >= 15 is 0 Å². The number of hydrogen-bond donors (Lipinski definition) is 1. The van der Waals surface area contributed by atoms with E-state index in [4.69, 9.17) is 5.73 Å². The van der Waals surface area contributed by atoms with Gasteiger partial charge in [0.2, 0.25) is 11.8 Å². The van der Waals surface area contributed by atoms with Crippen molar-refractivity contribution in [2.45, 2.75) is 13.0 Å². The van der Waals surface area contributed by atoms with Gasteiger partial charge in [0.15, 0.2) is 0 Å². The molecule has 1 heterocycles. The van der Waals surface area contributed by atoms with Crippen LogP contribution in [0.2, 0.25) is 0 Å². The zero-order valence-electron chi connectivity index (χ0n) is 9.88. The summed E-state index contributed by atoms with van der Waals surface area (Å²) in [5.74, 6) is -1.40. The van der Waals surface area contributed by atoms with Crippen molar-refractivity contribution in [2.75, 3.05) is 11.4 Å². The van der Waals surface area contributed by atoms with Crippen LogP contribution in [0.25, 0.3) is 0 Å². The van der Waals surface area contributed by atoms with Gasteiger partial charge in [-0.05, 0) is 12.1 Å². The minimum atomic E-state index is -2.93. The minimum absolute atomic E-state index is 0.0370. The minimum Gasteiger partial charge on any atom is -0.435 e. The number of primary amides is 1. The van der Waals surface area contributed by atoms with E-state index in [2.05, 4.69) is 4.74 Å². The number of amides is 2. The Morgan fingerprint density at radius 3 is 2.79 bits per heavy atom. The molecule has 1 atom stereocenters. The molecule has 1 aliphatic heterocycles. The van der Waals surface area contributed by atoms with Crippen LogP contribution >= 0.6 is 0 Å². The van der Waals surface area contributed by atoms with E-state index in [1.165, 1.54) is 23.1 Å². The first-order valence-electron chi connectivity index (χ1n) is 5.62. The Hall–Kier alpha value is -2.18. The van der Waals surface area contributed by atoms with Crippen LogP contribution in [0.3, 0.4) is 0 Å². The highest BCUT2D eigenvalue weighted by Crippen LogP contribution is 2.28. The van der Waals surface area contributed by atoms with Crippen molar-refractivity contribution in [2.24, 2.45) is 11.7 Å². The van der Waals surface area contributed by atoms with Crippen LogP contribution in [0.15, 0.2) is 24.3 Å². The maximum absolute atomic E-state index is 12.1. The molecule has 0 aromatic heterocycles. The number of nitrogens with zero attached hydrogens (tertiary/aromatic N) is 1. The lowest BCUT2D eigenvalue weighted by molar-refractivity contribution is -0.123. The van der Waals surface area contributed by atoms with E-state index in [9.17, 15) is 18.4 Å². The molecule has 5 nitrogen and oxygen atoms in total. The number of rotatable bonds is 4. The number of carbonyl (C=O) groups is 2.